The third-order valence-corrected chi connectivity index (χ3v) is 4.17. The van der Waals surface area contributed by atoms with Gasteiger partial charge in [0.15, 0.2) is 0 Å². The van der Waals surface area contributed by atoms with Crippen LogP contribution in [0.1, 0.15) is 54.6 Å². The number of carbonyl (C=O) groups excluding carboxylic acids is 1. The molecule has 1 aliphatic carbocycles. The summed E-state index contributed by atoms with van der Waals surface area (Å²) in [6, 6.07) is 0.637. The van der Waals surface area contributed by atoms with Crippen molar-refractivity contribution in [1.29, 1.82) is 0 Å². The summed E-state index contributed by atoms with van der Waals surface area (Å²) in [7, 11) is 1.82. The van der Waals surface area contributed by atoms with E-state index in [0.717, 1.165) is 13.1 Å². The number of nitrogens with zero attached hydrogens (tertiary/aromatic N) is 2. The Morgan fingerprint density at radius 3 is 2.57 bits per heavy atom. The Morgan fingerprint density at radius 2 is 1.95 bits per heavy atom. The molecular formula is C15H27N5O. The molecule has 1 aromatic rings. The van der Waals surface area contributed by atoms with Crippen LogP contribution >= 0.6 is 0 Å². The summed E-state index contributed by atoms with van der Waals surface area (Å²) < 4.78 is 1.68. The third-order valence-electron chi connectivity index (χ3n) is 4.17. The zero-order valence-corrected chi connectivity index (χ0v) is 13.1. The van der Waals surface area contributed by atoms with E-state index in [4.69, 9.17) is 5.73 Å². The Bertz CT molecular complexity index is 475. The molecule has 1 aliphatic rings. The van der Waals surface area contributed by atoms with Crippen molar-refractivity contribution in [3.05, 3.63) is 11.3 Å². The highest BCUT2D eigenvalue weighted by molar-refractivity contribution is 5.98. The monoisotopic (exact) mass is 293 g/mol. The second kappa shape index (κ2) is 7.45. The summed E-state index contributed by atoms with van der Waals surface area (Å²) >= 11 is 0. The van der Waals surface area contributed by atoms with E-state index in [1.807, 2.05) is 7.05 Å². The second-order valence-electron chi connectivity index (χ2n) is 5.87. The number of primary amides is 1. The fourth-order valence-corrected chi connectivity index (χ4v) is 3.10. The van der Waals surface area contributed by atoms with Gasteiger partial charge in [0.25, 0.3) is 5.91 Å². The first-order valence-electron chi connectivity index (χ1n) is 7.90. The molecule has 6 heteroatoms. The van der Waals surface area contributed by atoms with Gasteiger partial charge in [-0.15, -0.1) is 0 Å². The molecule has 0 unspecified atom stereocenters. The van der Waals surface area contributed by atoms with Crippen molar-refractivity contribution < 1.29 is 4.79 Å². The van der Waals surface area contributed by atoms with Crippen LogP contribution in [0.4, 0.5) is 5.82 Å². The highest BCUT2D eigenvalue weighted by atomic mass is 16.1. The Balaban J connectivity index is 1.82. The standard InChI is InChI=1S/C15H27N5O/c1-11-13(14(16)21)15(20(2)19-11)18-10-9-17-12-7-5-3-4-6-8-12/h12,17-18H,3-10H2,1-2H3,(H2,16,21). The fraction of sp³-hybridized carbons (Fsp3) is 0.733. The maximum Gasteiger partial charge on any atom is 0.254 e. The molecule has 1 aromatic heterocycles. The van der Waals surface area contributed by atoms with E-state index in [1.165, 1.54) is 38.5 Å². The van der Waals surface area contributed by atoms with Gasteiger partial charge in [-0.2, -0.15) is 5.10 Å². The lowest BCUT2D eigenvalue weighted by atomic mass is 10.1. The van der Waals surface area contributed by atoms with E-state index < -0.39 is 5.91 Å². The summed E-state index contributed by atoms with van der Waals surface area (Å²) in [5.41, 5.74) is 6.58. The molecule has 4 N–H and O–H groups in total. The summed E-state index contributed by atoms with van der Waals surface area (Å²) in [6.07, 6.45) is 7.95. The number of nitrogens with two attached hydrogens (primary N) is 1. The lowest BCUT2D eigenvalue weighted by Gasteiger charge is -2.16. The van der Waals surface area contributed by atoms with Gasteiger partial charge in [0.1, 0.15) is 11.4 Å². The van der Waals surface area contributed by atoms with Crippen LogP contribution in [0.15, 0.2) is 0 Å². The summed E-state index contributed by atoms with van der Waals surface area (Å²) in [6.45, 7) is 3.44. The number of aryl methyl sites for hydroxylation is 2. The number of anilines is 1. The molecule has 0 atom stereocenters. The molecule has 2 rings (SSSR count). The Hall–Kier alpha value is -1.56. The SMILES string of the molecule is Cc1nn(C)c(NCCNC2CCCCCC2)c1C(N)=O. The Morgan fingerprint density at radius 1 is 1.29 bits per heavy atom. The van der Waals surface area contributed by atoms with Gasteiger partial charge in [0.05, 0.1) is 5.69 Å². The van der Waals surface area contributed by atoms with Crippen LogP contribution in [0.25, 0.3) is 0 Å². The topological polar surface area (TPSA) is 85.0 Å². The van der Waals surface area contributed by atoms with E-state index in [0.29, 0.717) is 23.1 Å². The predicted octanol–water partition coefficient (Wildman–Crippen LogP) is 1.55. The number of aromatic nitrogens is 2. The average Bonchev–Trinajstić information content (AvgIpc) is 2.62. The first-order chi connectivity index (χ1) is 10.1. The molecule has 6 nitrogen and oxygen atoms in total. The van der Waals surface area contributed by atoms with Crippen LogP contribution in [0.2, 0.25) is 0 Å². The average molecular weight is 293 g/mol. The molecule has 0 aromatic carbocycles. The van der Waals surface area contributed by atoms with Crippen LogP contribution in [0.5, 0.6) is 0 Å². The molecule has 118 valence electrons. The summed E-state index contributed by atoms with van der Waals surface area (Å²) in [4.78, 5) is 11.5. The number of hydrogen-bond donors (Lipinski definition) is 3. The van der Waals surface area contributed by atoms with Gasteiger partial charge in [-0.1, -0.05) is 25.7 Å². The molecule has 0 aliphatic heterocycles. The van der Waals surface area contributed by atoms with Gasteiger partial charge in [0.2, 0.25) is 0 Å². The largest absolute Gasteiger partial charge is 0.368 e. The number of rotatable bonds is 6. The van der Waals surface area contributed by atoms with Gasteiger partial charge in [-0.05, 0) is 19.8 Å². The van der Waals surface area contributed by atoms with Crippen LogP contribution in [0.3, 0.4) is 0 Å². The lowest BCUT2D eigenvalue weighted by Crippen LogP contribution is -2.33. The minimum Gasteiger partial charge on any atom is -0.368 e. The number of amides is 1. The van der Waals surface area contributed by atoms with E-state index in [1.54, 1.807) is 11.6 Å². The molecule has 0 saturated heterocycles. The molecule has 0 bridgehead atoms. The van der Waals surface area contributed by atoms with E-state index >= 15 is 0 Å². The summed E-state index contributed by atoms with van der Waals surface area (Å²) in [5, 5.41) is 11.1. The number of hydrogen-bond acceptors (Lipinski definition) is 4. The third kappa shape index (κ3) is 4.20. The van der Waals surface area contributed by atoms with Gasteiger partial charge in [-0.3, -0.25) is 9.48 Å². The lowest BCUT2D eigenvalue weighted by molar-refractivity contribution is 0.100. The van der Waals surface area contributed by atoms with Crippen molar-refractivity contribution >= 4 is 11.7 Å². The van der Waals surface area contributed by atoms with Gasteiger partial charge in [0, 0.05) is 26.2 Å². The number of carbonyl (C=O) groups is 1. The van der Waals surface area contributed by atoms with Gasteiger partial charge in [-0.25, -0.2) is 0 Å². The van der Waals surface area contributed by atoms with Crippen LogP contribution in [-0.2, 0) is 7.05 Å². The molecule has 1 heterocycles. The predicted molar refractivity (Wildman–Crippen MR) is 84.4 cm³/mol. The maximum absolute atomic E-state index is 11.5. The van der Waals surface area contributed by atoms with E-state index in [-0.39, 0.29) is 0 Å². The zero-order valence-electron chi connectivity index (χ0n) is 13.1. The van der Waals surface area contributed by atoms with Crippen molar-refractivity contribution in [3.8, 4) is 0 Å². The molecule has 1 amide bonds. The molecule has 1 fully saturated rings. The van der Waals surface area contributed by atoms with E-state index in [9.17, 15) is 4.79 Å². The molecule has 0 spiro atoms. The Labute approximate surface area is 126 Å². The van der Waals surface area contributed by atoms with Crippen molar-refractivity contribution in [2.45, 2.75) is 51.5 Å². The van der Waals surface area contributed by atoms with Crippen molar-refractivity contribution in [2.24, 2.45) is 12.8 Å². The smallest absolute Gasteiger partial charge is 0.254 e. The maximum atomic E-state index is 11.5. The number of nitrogens with one attached hydrogen (secondary N) is 2. The highest BCUT2D eigenvalue weighted by Crippen LogP contribution is 2.18. The van der Waals surface area contributed by atoms with Crippen molar-refractivity contribution in [3.63, 3.8) is 0 Å². The normalized spacial score (nSPS) is 16.7. The van der Waals surface area contributed by atoms with Crippen LogP contribution in [-0.4, -0.2) is 34.8 Å². The molecule has 21 heavy (non-hydrogen) atoms. The van der Waals surface area contributed by atoms with Crippen LogP contribution < -0.4 is 16.4 Å². The quantitative estimate of drug-likeness (QED) is 0.549. The van der Waals surface area contributed by atoms with E-state index in [2.05, 4.69) is 15.7 Å². The fourth-order valence-electron chi connectivity index (χ4n) is 3.10. The first-order valence-corrected chi connectivity index (χ1v) is 7.90. The minimum atomic E-state index is -0.431. The Kier molecular flexibility index (Phi) is 5.61. The second-order valence-corrected chi connectivity index (χ2v) is 5.87. The zero-order chi connectivity index (χ0) is 15.2. The van der Waals surface area contributed by atoms with Gasteiger partial charge >= 0.3 is 0 Å². The highest BCUT2D eigenvalue weighted by Gasteiger charge is 2.17. The van der Waals surface area contributed by atoms with Gasteiger partial charge < -0.3 is 16.4 Å². The van der Waals surface area contributed by atoms with Crippen molar-refractivity contribution in [1.82, 2.24) is 15.1 Å². The molecular weight excluding hydrogens is 266 g/mol. The molecule has 1 saturated carbocycles. The first kappa shape index (κ1) is 15.8. The van der Waals surface area contributed by atoms with Crippen LogP contribution in [0, 0.1) is 6.92 Å². The minimum absolute atomic E-state index is 0.431. The molecule has 0 radical (unpaired) electrons. The summed E-state index contributed by atoms with van der Waals surface area (Å²) in [5.74, 6) is 0.280. The van der Waals surface area contributed by atoms with Crippen molar-refractivity contribution in [2.75, 3.05) is 18.4 Å².